The van der Waals surface area contributed by atoms with Crippen LogP contribution in [0.4, 0.5) is 23.2 Å². The zero-order chi connectivity index (χ0) is 15.5. The van der Waals surface area contributed by atoms with E-state index < -0.39 is 46.8 Å². The van der Waals surface area contributed by atoms with Gasteiger partial charge in [-0.2, -0.15) is 8.78 Å². The molecular weight excluding hydrogens is 290 g/mol. The maximum Gasteiger partial charge on any atom is 0.340 e. The Morgan fingerprint density at radius 1 is 1.45 bits per heavy atom. The molecule has 0 aromatic heterocycles. The number of carboxylic acids is 1. The second-order valence-electron chi connectivity index (χ2n) is 3.60. The lowest BCUT2D eigenvalue weighted by Crippen LogP contribution is -2.33. The van der Waals surface area contributed by atoms with Gasteiger partial charge in [0.2, 0.25) is 0 Å². The average Bonchev–Trinajstić information content (AvgIpc) is 2.35. The summed E-state index contributed by atoms with van der Waals surface area (Å²) in [6, 6.07) is 2.19. The van der Waals surface area contributed by atoms with Crippen LogP contribution in [-0.4, -0.2) is 35.0 Å². The van der Waals surface area contributed by atoms with Crippen molar-refractivity contribution in [3.8, 4) is 5.75 Å². The molecule has 110 valence electrons. The van der Waals surface area contributed by atoms with Crippen molar-refractivity contribution >= 4 is 11.7 Å². The van der Waals surface area contributed by atoms with Crippen molar-refractivity contribution < 1.29 is 37.1 Å². The minimum Gasteiger partial charge on any atom is -0.480 e. The number of alkyl halides is 4. The first-order valence-electron chi connectivity index (χ1n) is 4.95. The number of nitrogens with zero attached hydrogens (tertiary/aromatic N) is 1. The molecule has 0 aliphatic heterocycles. The summed E-state index contributed by atoms with van der Waals surface area (Å²) in [7, 11) is 0. The molecule has 0 atom stereocenters. The number of aromatic carboxylic acids is 1. The Labute approximate surface area is 108 Å². The van der Waals surface area contributed by atoms with Gasteiger partial charge in [-0.05, 0) is 6.07 Å². The molecule has 0 saturated heterocycles. The van der Waals surface area contributed by atoms with Crippen LogP contribution in [0.2, 0.25) is 0 Å². The molecule has 1 aromatic rings. The molecule has 1 aromatic carbocycles. The number of nitro groups is 1. The Morgan fingerprint density at radius 3 is 2.50 bits per heavy atom. The summed E-state index contributed by atoms with van der Waals surface area (Å²) in [4.78, 5) is 20.2. The number of nitro benzene ring substituents is 1. The second kappa shape index (κ2) is 5.72. The highest BCUT2D eigenvalue weighted by molar-refractivity contribution is 5.88. The molecule has 0 fully saturated rings. The quantitative estimate of drug-likeness (QED) is 0.495. The first-order valence-corrected chi connectivity index (χ1v) is 4.95. The molecule has 20 heavy (non-hydrogen) atoms. The Kier molecular flexibility index (Phi) is 4.48. The Hall–Kier alpha value is -2.39. The van der Waals surface area contributed by atoms with Gasteiger partial charge in [0, 0.05) is 12.1 Å². The molecule has 0 heterocycles. The standard InChI is InChI=1S/C10H7F4NO5/c11-9(12)10(13,14)4-20-7-3-5(8(16)17)1-2-6(7)15(18)19/h1-3,9H,4H2,(H,16,17). The fraction of sp³-hybridized carbons (Fsp3) is 0.300. The molecule has 6 nitrogen and oxygen atoms in total. The summed E-state index contributed by atoms with van der Waals surface area (Å²) in [5.41, 5.74) is -1.27. The van der Waals surface area contributed by atoms with Crippen molar-refractivity contribution in [3.05, 3.63) is 33.9 Å². The van der Waals surface area contributed by atoms with Gasteiger partial charge >= 0.3 is 24.0 Å². The first-order chi connectivity index (χ1) is 9.15. The van der Waals surface area contributed by atoms with Gasteiger partial charge in [-0.15, -0.1) is 0 Å². The highest BCUT2D eigenvalue weighted by Crippen LogP contribution is 2.31. The molecule has 0 aliphatic carbocycles. The van der Waals surface area contributed by atoms with E-state index in [1.807, 2.05) is 0 Å². The molecule has 0 spiro atoms. The predicted molar refractivity (Wildman–Crippen MR) is 56.5 cm³/mol. The normalized spacial score (nSPS) is 11.4. The second-order valence-corrected chi connectivity index (χ2v) is 3.60. The average molecular weight is 297 g/mol. The molecule has 0 saturated carbocycles. The van der Waals surface area contributed by atoms with E-state index in [4.69, 9.17) is 5.11 Å². The number of rotatable bonds is 6. The summed E-state index contributed by atoms with van der Waals surface area (Å²) in [6.07, 6.45) is -4.01. The van der Waals surface area contributed by atoms with Crippen LogP contribution in [-0.2, 0) is 0 Å². The molecule has 1 N–H and O–H groups in total. The number of ether oxygens (including phenoxy) is 1. The number of carbonyl (C=O) groups is 1. The van der Waals surface area contributed by atoms with E-state index in [0.717, 1.165) is 12.1 Å². The zero-order valence-corrected chi connectivity index (χ0v) is 9.56. The van der Waals surface area contributed by atoms with Gasteiger partial charge in [0.05, 0.1) is 10.5 Å². The number of hydrogen-bond acceptors (Lipinski definition) is 4. The van der Waals surface area contributed by atoms with Crippen molar-refractivity contribution in [3.63, 3.8) is 0 Å². The fourth-order valence-electron chi connectivity index (χ4n) is 1.15. The summed E-state index contributed by atoms with van der Waals surface area (Å²) in [6.45, 7) is -1.81. The minimum atomic E-state index is -4.51. The summed E-state index contributed by atoms with van der Waals surface area (Å²) < 4.78 is 53.5. The van der Waals surface area contributed by atoms with E-state index in [1.165, 1.54) is 0 Å². The van der Waals surface area contributed by atoms with Gasteiger partial charge in [-0.3, -0.25) is 10.1 Å². The summed E-state index contributed by atoms with van der Waals surface area (Å²) >= 11 is 0. The number of benzene rings is 1. The molecule has 0 radical (unpaired) electrons. The van der Waals surface area contributed by atoms with E-state index in [0.29, 0.717) is 6.07 Å². The SMILES string of the molecule is O=C(O)c1ccc([N+](=O)[O-])c(OCC(F)(F)C(F)F)c1. The van der Waals surface area contributed by atoms with Crippen LogP contribution in [0.15, 0.2) is 18.2 Å². The first kappa shape index (κ1) is 15.7. The van der Waals surface area contributed by atoms with Crippen LogP contribution in [0.3, 0.4) is 0 Å². The largest absolute Gasteiger partial charge is 0.480 e. The monoisotopic (exact) mass is 297 g/mol. The molecule has 0 aliphatic rings. The van der Waals surface area contributed by atoms with Crippen molar-refractivity contribution in [2.45, 2.75) is 12.3 Å². The Morgan fingerprint density at radius 2 is 2.05 bits per heavy atom. The maximum atomic E-state index is 12.7. The fourth-order valence-corrected chi connectivity index (χ4v) is 1.15. The van der Waals surface area contributed by atoms with E-state index in [1.54, 1.807) is 0 Å². The molecular formula is C10H7F4NO5. The number of halogens is 4. The van der Waals surface area contributed by atoms with E-state index >= 15 is 0 Å². The van der Waals surface area contributed by atoms with Crippen LogP contribution >= 0.6 is 0 Å². The maximum absolute atomic E-state index is 12.7. The molecule has 10 heteroatoms. The van der Waals surface area contributed by atoms with Crippen molar-refractivity contribution in [1.82, 2.24) is 0 Å². The van der Waals surface area contributed by atoms with Gasteiger partial charge in [-0.1, -0.05) is 0 Å². The Balaban J connectivity index is 3.05. The number of carboxylic acid groups (broad SMARTS) is 1. The topological polar surface area (TPSA) is 89.7 Å². The lowest BCUT2D eigenvalue weighted by atomic mass is 10.2. The van der Waals surface area contributed by atoms with Gasteiger partial charge in [0.15, 0.2) is 12.4 Å². The van der Waals surface area contributed by atoms with Crippen molar-refractivity contribution in [1.29, 1.82) is 0 Å². The van der Waals surface area contributed by atoms with Crippen LogP contribution < -0.4 is 4.74 Å². The zero-order valence-electron chi connectivity index (χ0n) is 9.56. The van der Waals surface area contributed by atoms with E-state index in [-0.39, 0.29) is 0 Å². The highest BCUT2D eigenvalue weighted by atomic mass is 19.3. The van der Waals surface area contributed by atoms with Crippen LogP contribution in [0.1, 0.15) is 10.4 Å². The van der Waals surface area contributed by atoms with Crippen LogP contribution in [0, 0.1) is 10.1 Å². The van der Waals surface area contributed by atoms with E-state index in [9.17, 15) is 32.5 Å². The molecule has 0 unspecified atom stereocenters. The third kappa shape index (κ3) is 3.56. The van der Waals surface area contributed by atoms with Crippen molar-refractivity contribution in [2.75, 3.05) is 6.61 Å². The number of hydrogen-bond donors (Lipinski definition) is 1. The van der Waals surface area contributed by atoms with Crippen LogP contribution in [0.5, 0.6) is 5.75 Å². The third-order valence-corrected chi connectivity index (χ3v) is 2.14. The van der Waals surface area contributed by atoms with Gasteiger partial charge in [0.1, 0.15) is 0 Å². The molecule has 0 bridgehead atoms. The van der Waals surface area contributed by atoms with Gasteiger partial charge in [-0.25, -0.2) is 13.6 Å². The lowest BCUT2D eigenvalue weighted by molar-refractivity contribution is -0.386. The summed E-state index contributed by atoms with van der Waals surface area (Å²) in [5.74, 6) is -6.81. The minimum absolute atomic E-state index is 0.467. The lowest BCUT2D eigenvalue weighted by Gasteiger charge is -2.16. The van der Waals surface area contributed by atoms with Crippen LogP contribution in [0.25, 0.3) is 0 Å². The third-order valence-electron chi connectivity index (χ3n) is 2.14. The summed E-state index contributed by atoms with van der Waals surface area (Å²) in [5, 5.41) is 19.3. The molecule has 1 rings (SSSR count). The van der Waals surface area contributed by atoms with Crippen molar-refractivity contribution in [2.24, 2.45) is 0 Å². The molecule has 0 amide bonds. The smallest absolute Gasteiger partial charge is 0.340 e. The Bertz CT molecular complexity index is 534. The van der Waals surface area contributed by atoms with Gasteiger partial charge < -0.3 is 9.84 Å². The van der Waals surface area contributed by atoms with E-state index in [2.05, 4.69) is 4.74 Å². The predicted octanol–water partition coefficient (Wildman–Crippen LogP) is 2.57. The van der Waals surface area contributed by atoms with Gasteiger partial charge in [0.25, 0.3) is 0 Å². The highest BCUT2D eigenvalue weighted by Gasteiger charge is 2.42.